The number of ether oxygens (including phenoxy) is 1. The number of hydrogen-bond acceptors (Lipinski definition) is 4. The molecule has 2 atom stereocenters. The van der Waals surface area contributed by atoms with Gasteiger partial charge < -0.3 is 19.8 Å². The third-order valence-electron chi connectivity index (χ3n) is 3.42. The van der Waals surface area contributed by atoms with E-state index in [4.69, 9.17) is 9.84 Å². The number of carboxylic acid groups (broad SMARTS) is 1. The van der Waals surface area contributed by atoms with Crippen molar-refractivity contribution in [2.24, 2.45) is 5.92 Å². The number of nitrogens with zero attached hydrogens (tertiary/aromatic N) is 1. The van der Waals surface area contributed by atoms with E-state index < -0.39 is 18.1 Å². The fraction of sp³-hybridized carbons (Fsp3) is 0.818. The topological polar surface area (TPSA) is 87.1 Å². The summed E-state index contributed by atoms with van der Waals surface area (Å²) in [5, 5.41) is 18.5. The van der Waals surface area contributed by atoms with Gasteiger partial charge in [-0.2, -0.15) is 0 Å². The Bertz CT molecular complexity index is 313. The standard InChI is InChI=1S/C11H17NO5/c13-8-5-9(11(15)16)12(6-8)10(14)7-1-3-17-4-2-7/h7-9,13H,1-6H2,(H,15,16)/t8?,9-/m0/s1. The van der Waals surface area contributed by atoms with Gasteiger partial charge in [-0.3, -0.25) is 4.79 Å². The first-order valence-electron chi connectivity index (χ1n) is 5.88. The monoisotopic (exact) mass is 243 g/mol. The van der Waals surface area contributed by atoms with E-state index in [-0.39, 0.29) is 24.8 Å². The summed E-state index contributed by atoms with van der Waals surface area (Å²) in [4.78, 5) is 24.5. The first-order valence-corrected chi connectivity index (χ1v) is 5.88. The van der Waals surface area contributed by atoms with Crippen LogP contribution in [0.15, 0.2) is 0 Å². The molecule has 0 aliphatic carbocycles. The predicted molar refractivity (Wildman–Crippen MR) is 57.3 cm³/mol. The maximum atomic E-state index is 12.2. The molecule has 0 aromatic heterocycles. The maximum absolute atomic E-state index is 12.2. The Hall–Kier alpha value is -1.14. The average Bonchev–Trinajstić information content (AvgIpc) is 2.72. The van der Waals surface area contributed by atoms with Crippen LogP contribution in [-0.2, 0) is 14.3 Å². The Kier molecular flexibility index (Phi) is 3.63. The molecule has 17 heavy (non-hydrogen) atoms. The van der Waals surface area contributed by atoms with Crippen molar-refractivity contribution < 1.29 is 24.5 Å². The van der Waals surface area contributed by atoms with Gasteiger partial charge in [0.15, 0.2) is 0 Å². The third-order valence-corrected chi connectivity index (χ3v) is 3.42. The smallest absolute Gasteiger partial charge is 0.326 e. The molecule has 0 saturated carbocycles. The molecule has 2 aliphatic heterocycles. The lowest BCUT2D eigenvalue weighted by molar-refractivity contribution is -0.151. The molecule has 2 heterocycles. The Labute approximate surface area is 99.2 Å². The number of carboxylic acids is 1. The van der Waals surface area contributed by atoms with Crippen LogP contribution >= 0.6 is 0 Å². The van der Waals surface area contributed by atoms with Gasteiger partial charge in [-0.15, -0.1) is 0 Å². The first-order chi connectivity index (χ1) is 8.09. The Morgan fingerprint density at radius 1 is 1.24 bits per heavy atom. The molecule has 1 unspecified atom stereocenters. The van der Waals surface area contributed by atoms with Gasteiger partial charge in [0, 0.05) is 32.1 Å². The number of amides is 1. The Morgan fingerprint density at radius 3 is 2.47 bits per heavy atom. The molecule has 6 nitrogen and oxygen atoms in total. The lowest BCUT2D eigenvalue weighted by Gasteiger charge is -2.28. The minimum atomic E-state index is -1.04. The third kappa shape index (κ3) is 2.58. The number of hydrogen-bond donors (Lipinski definition) is 2. The van der Waals surface area contributed by atoms with Gasteiger partial charge in [0.2, 0.25) is 5.91 Å². The molecule has 1 amide bonds. The van der Waals surface area contributed by atoms with Gasteiger partial charge >= 0.3 is 5.97 Å². The van der Waals surface area contributed by atoms with Gasteiger partial charge in [0.25, 0.3) is 0 Å². The number of carbonyl (C=O) groups is 2. The highest BCUT2D eigenvalue weighted by Crippen LogP contribution is 2.24. The van der Waals surface area contributed by atoms with E-state index in [0.29, 0.717) is 26.1 Å². The number of aliphatic carboxylic acids is 1. The van der Waals surface area contributed by atoms with E-state index in [1.165, 1.54) is 4.90 Å². The molecule has 96 valence electrons. The zero-order valence-electron chi connectivity index (χ0n) is 9.54. The van der Waals surface area contributed by atoms with Crippen molar-refractivity contribution in [2.45, 2.75) is 31.4 Å². The summed E-state index contributed by atoms with van der Waals surface area (Å²) in [6.07, 6.45) is 0.680. The van der Waals surface area contributed by atoms with Crippen molar-refractivity contribution in [3.63, 3.8) is 0 Å². The van der Waals surface area contributed by atoms with Crippen LogP contribution in [0, 0.1) is 5.92 Å². The second kappa shape index (κ2) is 5.01. The summed E-state index contributed by atoms with van der Waals surface area (Å²) in [5.74, 6) is -1.35. The number of carbonyl (C=O) groups excluding carboxylic acids is 1. The molecule has 0 spiro atoms. The number of likely N-dealkylation sites (tertiary alicyclic amines) is 1. The van der Waals surface area contributed by atoms with Crippen molar-refractivity contribution in [3.8, 4) is 0 Å². The van der Waals surface area contributed by atoms with Crippen LogP contribution in [0.5, 0.6) is 0 Å². The summed E-state index contributed by atoms with van der Waals surface area (Å²) < 4.78 is 5.17. The Balaban J connectivity index is 2.04. The van der Waals surface area contributed by atoms with E-state index in [9.17, 15) is 14.7 Å². The van der Waals surface area contributed by atoms with Crippen molar-refractivity contribution in [3.05, 3.63) is 0 Å². The zero-order valence-corrected chi connectivity index (χ0v) is 9.54. The lowest BCUT2D eigenvalue weighted by atomic mass is 9.98. The van der Waals surface area contributed by atoms with Crippen molar-refractivity contribution in [1.29, 1.82) is 0 Å². The van der Waals surface area contributed by atoms with Crippen molar-refractivity contribution >= 4 is 11.9 Å². The Morgan fingerprint density at radius 2 is 1.88 bits per heavy atom. The highest BCUT2D eigenvalue weighted by molar-refractivity contribution is 5.85. The number of rotatable bonds is 2. The van der Waals surface area contributed by atoms with Crippen LogP contribution < -0.4 is 0 Å². The van der Waals surface area contributed by atoms with Crippen LogP contribution in [0.4, 0.5) is 0 Å². The molecule has 0 aromatic rings. The van der Waals surface area contributed by atoms with Crippen LogP contribution in [0.25, 0.3) is 0 Å². The summed E-state index contributed by atoms with van der Waals surface area (Å²) in [6.45, 7) is 1.22. The molecular formula is C11H17NO5. The van der Waals surface area contributed by atoms with Crippen LogP contribution in [0.1, 0.15) is 19.3 Å². The molecule has 0 aromatic carbocycles. The number of β-amino-alcohol motifs (C(OH)–C–C–N with tert-alkyl or cyclic N) is 1. The second-order valence-electron chi connectivity index (χ2n) is 4.62. The van der Waals surface area contributed by atoms with E-state index in [2.05, 4.69) is 0 Å². The highest BCUT2D eigenvalue weighted by atomic mass is 16.5. The summed E-state index contributed by atoms with van der Waals surface area (Å²) in [5.41, 5.74) is 0. The molecule has 2 saturated heterocycles. The SMILES string of the molecule is O=C(O)[C@@H]1CC(O)CN1C(=O)C1CCOCC1. The molecule has 0 radical (unpaired) electrons. The zero-order chi connectivity index (χ0) is 12.4. The van der Waals surface area contributed by atoms with E-state index >= 15 is 0 Å². The molecule has 2 rings (SSSR count). The van der Waals surface area contributed by atoms with Crippen LogP contribution in [-0.4, -0.2) is 58.9 Å². The normalized spacial score (nSPS) is 30.5. The molecule has 2 fully saturated rings. The highest BCUT2D eigenvalue weighted by Gasteiger charge is 2.41. The van der Waals surface area contributed by atoms with Gasteiger partial charge in [-0.1, -0.05) is 0 Å². The van der Waals surface area contributed by atoms with Gasteiger partial charge in [-0.25, -0.2) is 4.79 Å². The predicted octanol–water partition coefficient (Wildman–Crippen LogP) is -0.541. The van der Waals surface area contributed by atoms with Crippen molar-refractivity contribution in [2.75, 3.05) is 19.8 Å². The number of aliphatic hydroxyl groups is 1. The quantitative estimate of drug-likeness (QED) is 0.680. The summed E-state index contributed by atoms with van der Waals surface area (Å²) >= 11 is 0. The molecule has 2 N–H and O–H groups in total. The van der Waals surface area contributed by atoms with Crippen LogP contribution in [0.3, 0.4) is 0 Å². The minimum absolute atomic E-state index is 0.129. The van der Waals surface area contributed by atoms with Crippen LogP contribution in [0.2, 0.25) is 0 Å². The van der Waals surface area contributed by atoms with E-state index in [1.807, 2.05) is 0 Å². The first kappa shape index (κ1) is 12.3. The fourth-order valence-corrected chi connectivity index (χ4v) is 2.47. The molecule has 2 aliphatic rings. The van der Waals surface area contributed by atoms with Gasteiger partial charge in [0.1, 0.15) is 6.04 Å². The maximum Gasteiger partial charge on any atom is 0.326 e. The minimum Gasteiger partial charge on any atom is -0.480 e. The van der Waals surface area contributed by atoms with Crippen molar-refractivity contribution in [1.82, 2.24) is 4.90 Å². The summed E-state index contributed by atoms with van der Waals surface area (Å²) in [7, 11) is 0. The fourth-order valence-electron chi connectivity index (χ4n) is 2.47. The molecule has 6 heteroatoms. The van der Waals surface area contributed by atoms with Gasteiger partial charge in [-0.05, 0) is 12.8 Å². The average molecular weight is 243 g/mol. The summed E-state index contributed by atoms with van der Waals surface area (Å²) in [6, 6.07) is -0.875. The molecule has 0 bridgehead atoms. The van der Waals surface area contributed by atoms with E-state index in [1.54, 1.807) is 0 Å². The number of aliphatic hydroxyl groups excluding tert-OH is 1. The molecular weight excluding hydrogens is 226 g/mol. The van der Waals surface area contributed by atoms with Gasteiger partial charge in [0.05, 0.1) is 6.10 Å². The lowest BCUT2D eigenvalue weighted by Crippen LogP contribution is -2.44. The van der Waals surface area contributed by atoms with E-state index in [0.717, 1.165) is 0 Å². The second-order valence-corrected chi connectivity index (χ2v) is 4.62. The largest absolute Gasteiger partial charge is 0.480 e.